The van der Waals surface area contributed by atoms with Gasteiger partial charge in [0.25, 0.3) is 0 Å². The largest absolute Gasteiger partial charge is 0.346 e. The maximum Gasteiger partial charge on any atom is 0.225 e. The van der Waals surface area contributed by atoms with Gasteiger partial charge in [-0.15, -0.1) is 0 Å². The quantitative estimate of drug-likeness (QED) is 0.744. The predicted octanol–water partition coefficient (Wildman–Crippen LogP) is 4.24. The highest BCUT2D eigenvalue weighted by molar-refractivity contribution is 5.78. The molecular formula is C17H31NO. The third kappa shape index (κ3) is 4.50. The van der Waals surface area contributed by atoms with E-state index in [1.54, 1.807) is 0 Å². The van der Waals surface area contributed by atoms with Crippen molar-refractivity contribution in [2.75, 3.05) is 13.6 Å². The Bertz CT molecular complexity index is 283. The van der Waals surface area contributed by atoms with E-state index in [9.17, 15) is 4.79 Å². The molecule has 0 spiro atoms. The second-order valence-electron chi connectivity index (χ2n) is 7.02. The van der Waals surface area contributed by atoms with Crippen LogP contribution in [0.1, 0.15) is 71.1 Å². The molecule has 2 heteroatoms. The van der Waals surface area contributed by atoms with E-state index in [-0.39, 0.29) is 0 Å². The molecule has 1 amide bonds. The number of rotatable bonds is 4. The third-order valence-corrected chi connectivity index (χ3v) is 5.26. The number of amides is 1. The van der Waals surface area contributed by atoms with E-state index in [0.717, 1.165) is 31.2 Å². The Balaban J connectivity index is 1.72. The van der Waals surface area contributed by atoms with Crippen molar-refractivity contribution in [3.63, 3.8) is 0 Å². The second kappa shape index (κ2) is 7.31. The lowest BCUT2D eigenvalue weighted by Gasteiger charge is -2.30. The molecule has 0 heterocycles. The zero-order chi connectivity index (χ0) is 13.7. The molecule has 0 radical (unpaired) electrons. The summed E-state index contributed by atoms with van der Waals surface area (Å²) in [6, 6.07) is 0. The van der Waals surface area contributed by atoms with Gasteiger partial charge >= 0.3 is 0 Å². The highest BCUT2D eigenvalue weighted by atomic mass is 16.2. The van der Waals surface area contributed by atoms with Crippen LogP contribution in [0.4, 0.5) is 0 Å². The minimum Gasteiger partial charge on any atom is -0.346 e. The highest BCUT2D eigenvalue weighted by Gasteiger charge is 2.27. The molecule has 19 heavy (non-hydrogen) atoms. The highest BCUT2D eigenvalue weighted by Crippen LogP contribution is 2.30. The number of hydrogen-bond acceptors (Lipinski definition) is 1. The Morgan fingerprint density at radius 2 is 1.79 bits per heavy atom. The van der Waals surface area contributed by atoms with E-state index in [1.165, 1.54) is 51.4 Å². The normalized spacial score (nSPS) is 29.2. The van der Waals surface area contributed by atoms with Crippen molar-refractivity contribution in [2.24, 2.45) is 17.8 Å². The lowest BCUT2D eigenvalue weighted by atomic mass is 9.81. The van der Waals surface area contributed by atoms with Gasteiger partial charge in [-0.1, -0.05) is 51.9 Å². The summed E-state index contributed by atoms with van der Waals surface area (Å²) in [6.45, 7) is 3.27. The first-order valence-corrected chi connectivity index (χ1v) is 8.41. The molecule has 2 saturated carbocycles. The molecule has 0 unspecified atom stereocenters. The summed E-state index contributed by atoms with van der Waals surface area (Å²) < 4.78 is 0. The fourth-order valence-electron chi connectivity index (χ4n) is 3.93. The van der Waals surface area contributed by atoms with Gasteiger partial charge in [0.1, 0.15) is 0 Å². The monoisotopic (exact) mass is 265 g/mol. The number of carbonyl (C=O) groups is 1. The molecule has 2 rings (SSSR count). The van der Waals surface area contributed by atoms with Gasteiger partial charge in [0.15, 0.2) is 0 Å². The summed E-state index contributed by atoms with van der Waals surface area (Å²) in [7, 11) is 2.02. The van der Waals surface area contributed by atoms with Crippen LogP contribution in [0.2, 0.25) is 0 Å². The molecule has 0 saturated heterocycles. The third-order valence-electron chi connectivity index (χ3n) is 5.26. The average molecular weight is 265 g/mol. The van der Waals surface area contributed by atoms with Crippen LogP contribution in [-0.4, -0.2) is 24.4 Å². The van der Waals surface area contributed by atoms with Gasteiger partial charge < -0.3 is 4.90 Å². The van der Waals surface area contributed by atoms with Gasteiger partial charge in [-0.3, -0.25) is 4.79 Å². The van der Waals surface area contributed by atoms with Crippen LogP contribution in [0.25, 0.3) is 0 Å². The number of hydrogen-bond donors (Lipinski definition) is 0. The van der Waals surface area contributed by atoms with Crippen molar-refractivity contribution in [3.05, 3.63) is 0 Å². The van der Waals surface area contributed by atoms with Crippen molar-refractivity contribution in [1.29, 1.82) is 0 Å². The first-order valence-electron chi connectivity index (χ1n) is 8.41. The molecule has 0 bridgehead atoms. The Labute approximate surface area is 118 Å². The minimum atomic E-state index is 0.320. The smallest absolute Gasteiger partial charge is 0.225 e. The van der Waals surface area contributed by atoms with E-state index < -0.39 is 0 Å². The molecule has 0 N–H and O–H groups in total. The van der Waals surface area contributed by atoms with Gasteiger partial charge in [0.2, 0.25) is 5.91 Å². The Morgan fingerprint density at radius 1 is 1.05 bits per heavy atom. The summed E-state index contributed by atoms with van der Waals surface area (Å²) in [5, 5.41) is 0. The SMILES string of the molecule is C[C@@H]1CCC[C@H](C(=O)N(C)CCC2CCCCC2)C1. The summed E-state index contributed by atoms with van der Waals surface area (Å²) in [5.41, 5.74) is 0. The van der Waals surface area contributed by atoms with E-state index in [4.69, 9.17) is 0 Å². The maximum atomic E-state index is 12.4. The summed E-state index contributed by atoms with van der Waals surface area (Å²) in [6.07, 6.45) is 13.0. The van der Waals surface area contributed by atoms with Crippen molar-refractivity contribution in [1.82, 2.24) is 4.90 Å². The molecule has 2 fully saturated rings. The molecule has 0 aromatic carbocycles. The summed E-state index contributed by atoms with van der Waals surface area (Å²) >= 11 is 0. The van der Waals surface area contributed by atoms with Gasteiger partial charge in [-0.2, -0.15) is 0 Å². The summed E-state index contributed by atoms with van der Waals surface area (Å²) in [4.78, 5) is 14.5. The topological polar surface area (TPSA) is 20.3 Å². The van der Waals surface area contributed by atoms with Gasteiger partial charge in [0, 0.05) is 19.5 Å². The maximum absolute atomic E-state index is 12.4. The predicted molar refractivity (Wildman–Crippen MR) is 80.0 cm³/mol. The van der Waals surface area contributed by atoms with Crippen LogP contribution in [-0.2, 0) is 4.79 Å². The molecular weight excluding hydrogens is 234 g/mol. The van der Waals surface area contributed by atoms with E-state index in [0.29, 0.717) is 11.8 Å². The van der Waals surface area contributed by atoms with Crippen molar-refractivity contribution in [3.8, 4) is 0 Å². The molecule has 2 nitrogen and oxygen atoms in total. The Kier molecular flexibility index (Phi) is 5.72. The fourth-order valence-corrected chi connectivity index (χ4v) is 3.93. The molecule has 110 valence electrons. The first-order chi connectivity index (χ1) is 9.16. The molecule has 2 aliphatic rings. The van der Waals surface area contributed by atoms with Crippen molar-refractivity contribution < 1.29 is 4.79 Å². The van der Waals surface area contributed by atoms with Gasteiger partial charge in [-0.05, 0) is 31.1 Å². The Hall–Kier alpha value is -0.530. The zero-order valence-electron chi connectivity index (χ0n) is 12.9. The molecule has 0 aliphatic heterocycles. The van der Waals surface area contributed by atoms with Crippen LogP contribution < -0.4 is 0 Å². The number of carbonyl (C=O) groups excluding carboxylic acids is 1. The summed E-state index contributed by atoms with van der Waals surface area (Å²) in [5.74, 6) is 2.37. The van der Waals surface area contributed by atoms with E-state index in [1.807, 2.05) is 11.9 Å². The zero-order valence-corrected chi connectivity index (χ0v) is 12.9. The fraction of sp³-hybridized carbons (Fsp3) is 0.941. The van der Waals surface area contributed by atoms with Crippen LogP contribution >= 0.6 is 0 Å². The van der Waals surface area contributed by atoms with Gasteiger partial charge in [0.05, 0.1) is 0 Å². The van der Waals surface area contributed by atoms with Crippen LogP contribution in [0.5, 0.6) is 0 Å². The van der Waals surface area contributed by atoms with Crippen LogP contribution in [0, 0.1) is 17.8 Å². The van der Waals surface area contributed by atoms with Crippen molar-refractivity contribution >= 4 is 5.91 Å². The first kappa shape index (κ1) is 14.9. The van der Waals surface area contributed by atoms with Crippen LogP contribution in [0.15, 0.2) is 0 Å². The minimum absolute atomic E-state index is 0.320. The lowest BCUT2D eigenvalue weighted by molar-refractivity contribution is -0.135. The lowest BCUT2D eigenvalue weighted by Crippen LogP contribution is -2.36. The molecule has 0 aromatic heterocycles. The second-order valence-corrected chi connectivity index (χ2v) is 7.02. The Morgan fingerprint density at radius 3 is 2.47 bits per heavy atom. The van der Waals surface area contributed by atoms with Crippen molar-refractivity contribution in [2.45, 2.75) is 71.1 Å². The van der Waals surface area contributed by atoms with Gasteiger partial charge in [-0.25, -0.2) is 0 Å². The standard InChI is InChI=1S/C17H31NO/c1-14-7-6-10-16(13-14)17(19)18(2)12-11-15-8-4-3-5-9-15/h14-16H,3-13H2,1-2H3/t14-,16+/m1/s1. The average Bonchev–Trinajstić information content (AvgIpc) is 2.45. The molecule has 2 aliphatic carbocycles. The molecule has 2 atom stereocenters. The van der Waals surface area contributed by atoms with E-state index >= 15 is 0 Å². The molecule has 0 aromatic rings. The number of nitrogens with zero attached hydrogens (tertiary/aromatic N) is 1. The van der Waals surface area contributed by atoms with E-state index in [2.05, 4.69) is 6.92 Å². The van der Waals surface area contributed by atoms with Crippen LogP contribution in [0.3, 0.4) is 0 Å².